The normalized spacial score (nSPS) is 28.2. The van der Waals surface area contributed by atoms with Crippen LogP contribution in [0.4, 0.5) is 0 Å². The number of amides is 1. The monoisotopic (exact) mass is 251 g/mol. The zero-order chi connectivity index (χ0) is 11.8. The van der Waals surface area contributed by atoms with Gasteiger partial charge >= 0.3 is 0 Å². The number of rotatable bonds is 1. The maximum Gasteiger partial charge on any atom is 0.265 e. The van der Waals surface area contributed by atoms with E-state index in [2.05, 4.69) is 10.3 Å². The molecule has 2 saturated heterocycles. The summed E-state index contributed by atoms with van der Waals surface area (Å²) in [6.07, 6.45) is 2.49. The molecule has 3 rings (SSSR count). The van der Waals surface area contributed by atoms with E-state index in [1.54, 1.807) is 5.51 Å². The van der Waals surface area contributed by atoms with Crippen molar-refractivity contribution in [3.8, 4) is 0 Å². The van der Waals surface area contributed by atoms with Crippen molar-refractivity contribution in [1.82, 2.24) is 15.2 Å². The van der Waals surface area contributed by atoms with E-state index in [0.717, 1.165) is 30.2 Å². The number of piperidine rings is 1. The molecule has 2 aliphatic heterocycles. The number of likely N-dealkylation sites (tertiary alicyclic amines) is 1. The molecule has 3 heterocycles. The van der Waals surface area contributed by atoms with Gasteiger partial charge in [-0.15, -0.1) is 11.3 Å². The molecule has 1 aromatic heterocycles. The van der Waals surface area contributed by atoms with Crippen molar-refractivity contribution < 1.29 is 4.79 Å². The Hall–Kier alpha value is -0.940. The summed E-state index contributed by atoms with van der Waals surface area (Å²) >= 11 is 1.46. The van der Waals surface area contributed by atoms with Gasteiger partial charge in [-0.3, -0.25) is 4.79 Å². The number of hydrogen-bond acceptors (Lipinski definition) is 4. The zero-order valence-electron chi connectivity index (χ0n) is 9.98. The van der Waals surface area contributed by atoms with E-state index in [4.69, 9.17) is 0 Å². The first-order chi connectivity index (χ1) is 8.25. The summed E-state index contributed by atoms with van der Waals surface area (Å²) in [6.45, 7) is 4.78. The van der Waals surface area contributed by atoms with Crippen LogP contribution >= 0.6 is 11.3 Å². The Bertz CT molecular complexity index is 417. The zero-order valence-corrected chi connectivity index (χ0v) is 10.8. The van der Waals surface area contributed by atoms with Crippen LogP contribution < -0.4 is 5.32 Å². The highest BCUT2D eigenvalue weighted by molar-refractivity contribution is 7.11. The highest BCUT2D eigenvalue weighted by Crippen LogP contribution is 2.27. The standard InChI is InChI=1S/C12H17N3OS/c1-8-11(17-7-14-8)12(16)15-5-9-3-2-4-13-10(9)6-15/h7,9-10,13H,2-6H2,1H3/t9-,10+/m0/s1. The van der Waals surface area contributed by atoms with Crippen LogP contribution in [0.5, 0.6) is 0 Å². The van der Waals surface area contributed by atoms with E-state index in [-0.39, 0.29) is 5.91 Å². The predicted octanol–water partition coefficient (Wildman–Crippen LogP) is 1.28. The summed E-state index contributed by atoms with van der Waals surface area (Å²) < 4.78 is 0. The number of aromatic nitrogens is 1. The minimum absolute atomic E-state index is 0.168. The Labute approximate surface area is 105 Å². The van der Waals surface area contributed by atoms with E-state index < -0.39 is 0 Å². The first kappa shape index (κ1) is 11.2. The number of nitrogens with one attached hydrogen (secondary N) is 1. The molecule has 0 radical (unpaired) electrons. The highest BCUT2D eigenvalue weighted by atomic mass is 32.1. The van der Waals surface area contributed by atoms with Crippen LogP contribution in [-0.4, -0.2) is 41.5 Å². The Morgan fingerprint density at radius 2 is 2.47 bits per heavy atom. The number of carbonyl (C=O) groups excluding carboxylic acids is 1. The molecule has 0 aliphatic carbocycles. The fourth-order valence-electron chi connectivity index (χ4n) is 2.86. The number of hydrogen-bond donors (Lipinski definition) is 1. The first-order valence-corrected chi connectivity index (χ1v) is 7.06. The summed E-state index contributed by atoms with van der Waals surface area (Å²) in [4.78, 5) is 19.3. The molecule has 1 amide bonds. The maximum atomic E-state index is 12.3. The van der Waals surface area contributed by atoms with Gasteiger partial charge in [0.05, 0.1) is 11.2 Å². The summed E-state index contributed by atoms with van der Waals surface area (Å²) in [5.41, 5.74) is 2.62. The predicted molar refractivity (Wildman–Crippen MR) is 67.3 cm³/mol. The van der Waals surface area contributed by atoms with Gasteiger partial charge in [-0.05, 0) is 32.2 Å². The van der Waals surface area contributed by atoms with E-state index in [9.17, 15) is 4.79 Å². The van der Waals surface area contributed by atoms with Gasteiger partial charge in [0, 0.05) is 19.1 Å². The molecule has 0 aromatic carbocycles. The van der Waals surface area contributed by atoms with Gasteiger partial charge in [0.1, 0.15) is 4.88 Å². The third-order valence-corrected chi connectivity index (χ3v) is 4.74. The van der Waals surface area contributed by atoms with Gasteiger partial charge in [0.2, 0.25) is 0 Å². The molecule has 1 aromatic rings. The SMILES string of the molecule is Cc1ncsc1C(=O)N1C[C@@H]2CCCN[C@@H]2C1. The molecule has 2 fully saturated rings. The lowest BCUT2D eigenvalue weighted by molar-refractivity contribution is 0.0789. The van der Waals surface area contributed by atoms with E-state index in [1.807, 2.05) is 11.8 Å². The minimum atomic E-state index is 0.168. The third-order valence-electron chi connectivity index (χ3n) is 3.83. The van der Waals surface area contributed by atoms with Crippen molar-refractivity contribution in [2.75, 3.05) is 19.6 Å². The van der Waals surface area contributed by atoms with Crippen molar-refractivity contribution in [2.24, 2.45) is 5.92 Å². The van der Waals surface area contributed by atoms with Crippen LogP contribution in [0.15, 0.2) is 5.51 Å². The van der Waals surface area contributed by atoms with E-state index in [0.29, 0.717) is 12.0 Å². The fourth-order valence-corrected chi connectivity index (χ4v) is 3.63. The molecule has 5 heteroatoms. The quantitative estimate of drug-likeness (QED) is 0.817. The Kier molecular flexibility index (Phi) is 2.88. The Balaban J connectivity index is 1.74. The molecule has 0 bridgehead atoms. The molecule has 0 unspecified atom stereocenters. The first-order valence-electron chi connectivity index (χ1n) is 6.18. The fraction of sp³-hybridized carbons (Fsp3) is 0.667. The summed E-state index contributed by atoms with van der Waals surface area (Å²) in [7, 11) is 0. The summed E-state index contributed by atoms with van der Waals surface area (Å²) in [5, 5.41) is 3.52. The topological polar surface area (TPSA) is 45.2 Å². The molecule has 2 aliphatic rings. The molecule has 92 valence electrons. The molecule has 4 nitrogen and oxygen atoms in total. The van der Waals surface area contributed by atoms with Crippen molar-refractivity contribution in [3.05, 3.63) is 16.1 Å². The van der Waals surface area contributed by atoms with Crippen LogP contribution in [0.1, 0.15) is 28.2 Å². The second kappa shape index (κ2) is 4.38. The van der Waals surface area contributed by atoms with E-state index >= 15 is 0 Å². The van der Waals surface area contributed by atoms with E-state index in [1.165, 1.54) is 24.2 Å². The number of fused-ring (bicyclic) bond motifs is 1. The molecule has 2 atom stereocenters. The molecule has 0 saturated carbocycles. The summed E-state index contributed by atoms with van der Waals surface area (Å²) in [6, 6.07) is 0.515. The number of carbonyl (C=O) groups is 1. The second-order valence-electron chi connectivity index (χ2n) is 4.94. The molecule has 17 heavy (non-hydrogen) atoms. The Morgan fingerprint density at radius 1 is 1.59 bits per heavy atom. The van der Waals surface area contributed by atoms with Crippen LogP contribution in [0.25, 0.3) is 0 Å². The molecular formula is C12H17N3OS. The van der Waals surface area contributed by atoms with Gasteiger partial charge in [-0.1, -0.05) is 0 Å². The second-order valence-corrected chi connectivity index (χ2v) is 5.79. The number of nitrogens with zero attached hydrogens (tertiary/aromatic N) is 2. The van der Waals surface area contributed by atoms with Gasteiger partial charge in [-0.2, -0.15) is 0 Å². The molecule has 1 N–H and O–H groups in total. The van der Waals surface area contributed by atoms with Crippen molar-refractivity contribution >= 4 is 17.2 Å². The minimum Gasteiger partial charge on any atom is -0.336 e. The van der Waals surface area contributed by atoms with Crippen molar-refractivity contribution in [1.29, 1.82) is 0 Å². The third kappa shape index (κ3) is 1.98. The highest BCUT2D eigenvalue weighted by Gasteiger charge is 2.37. The van der Waals surface area contributed by atoms with Crippen LogP contribution in [0, 0.1) is 12.8 Å². The molecular weight excluding hydrogens is 234 g/mol. The van der Waals surface area contributed by atoms with Crippen molar-refractivity contribution in [3.63, 3.8) is 0 Å². The Morgan fingerprint density at radius 3 is 3.18 bits per heavy atom. The average Bonchev–Trinajstić information content (AvgIpc) is 2.93. The number of aryl methyl sites for hydroxylation is 1. The lowest BCUT2D eigenvalue weighted by atomic mass is 9.94. The van der Waals surface area contributed by atoms with Gasteiger partial charge in [0.15, 0.2) is 0 Å². The van der Waals surface area contributed by atoms with Gasteiger partial charge < -0.3 is 10.2 Å². The van der Waals surface area contributed by atoms with Gasteiger partial charge in [0.25, 0.3) is 5.91 Å². The lowest BCUT2D eigenvalue weighted by Crippen LogP contribution is -2.41. The molecule has 0 spiro atoms. The lowest BCUT2D eigenvalue weighted by Gasteiger charge is -2.24. The number of thiazole rings is 1. The average molecular weight is 251 g/mol. The van der Waals surface area contributed by atoms with Crippen LogP contribution in [0.3, 0.4) is 0 Å². The smallest absolute Gasteiger partial charge is 0.265 e. The van der Waals surface area contributed by atoms with Crippen LogP contribution in [-0.2, 0) is 0 Å². The van der Waals surface area contributed by atoms with Gasteiger partial charge in [-0.25, -0.2) is 4.98 Å². The summed E-state index contributed by atoms with van der Waals surface area (Å²) in [5.74, 6) is 0.821. The maximum absolute atomic E-state index is 12.3. The van der Waals surface area contributed by atoms with Crippen molar-refractivity contribution in [2.45, 2.75) is 25.8 Å². The van der Waals surface area contributed by atoms with Crippen LogP contribution in [0.2, 0.25) is 0 Å². The largest absolute Gasteiger partial charge is 0.336 e.